The average Bonchev–Trinajstić information content (AvgIpc) is 3.38. The van der Waals surface area contributed by atoms with Gasteiger partial charge in [0.25, 0.3) is 0 Å². The van der Waals surface area contributed by atoms with Crippen LogP contribution in [0.4, 0.5) is 10.7 Å². The van der Waals surface area contributed by atoms with E-state index in [9.17, 15) is 21.6 Å². The first-order valence-electron chi connectivity index (χ1n) is 6.89. The maximum absolute atomic E-state index is 12.0. The number of rotatable bonds is 7. The van der Waals surface area contributed by atoms with Crippen LogP contribution in [-0.4, -0.2) is 63.1 Å². The molecule has 0 radical (unpaired) electrons. The summed E-state index contributed by atoms with van der Waals surface area (Å²) in [6, 6.07) is 0.101. The largest absolute Gasteiger partial charge is 0.481 e. The second-order valence-electron chi connectivity index (χ2n) is 4.96. The maximum Gasteiger partial charge on any atom is 0.336 e. The fourth-order valence-electron chi connectivity index (χ4n) is 1.69. The molecule has 25 heavy (non-hydrogen) atoms. The molecule has 0 atom stereocenters. The number of ether oxygens (including phenoxy) is 2. The SMILES string of the molecule is COc1cc(OC)nc(NC(=O)NS(=O)(=O)N(C)S(=O)(=O)C2CC2)n1. The molecule has 14 heteroatoms. The Labute approximate surface area is 144 Å². The highest BCUT2D eigenvalue weighted by molar-refractivity contribution is 8.03. The molecule has 0 unspecified atom stereocenters. The number of sulfonamides is 1. The molecule has 1 aliphatic carbocycles. The Morgan fingerprint density at radius 2 is 1.68 bits per heavy atom. The molecule has 1 aromatic heterocycles. The average molecular weight is 395 g/mol. The van der Waals surface area contributed by atoms with Crippen LogP contribution in [0.2, 0.25) is 0 Å². The molecule has 0 aliphatic heterocycles. The van der Waals surface area contributed by atoms with Gasteiger partial charge in [-0.2, -0.15) is 18.4 Å². The number of hydrogen-bond acceptors (Lipinski definition) is 9. The van der Waals surface area contributed by atoms with Crippen molar-refractivity contribution in [3.63, 3.8) is 0 Å². The zero-order chi connectivity index (χ0) is 18.8. The molecule has 12 nitrogen and oxygen atoms in total. The number of carbonyl (C=O) groups excluding carboxylic acids is 1. The first-order chi connectivity index (χ1) is 11.6. The Balaban J connectivity index is 2.11. The third-order valence-corrected chi connectivity index (χ3v) is 7.55. The lowest BCUT2D eigenvalue weighted by Crippen LogP contribution is -2.46. The van der Waals surface area contributed by atoms with Crippen molar-refractivity contribution < 1.29 is 31.1 Å². The van der Waals surface area contributed by atoms with Crippen LogP contribution in [0.15, 0.2) is 6.07 Å². The Kier molecular flexibility index (Phi) is 5.34. The zero-order valence-corrected chi connectivity index (χ0v) is 15.2. The van der Waals surface area contributed by atoms with Crippen LogP contribution >= 0.6 is 0 Å². The molecule has 1 heterocycles. The first-order valence-corrected chi connectivity index (χ1v) is 9.83. The van der Waals surface area contributed by atoms with E-state index in [1.165, 1.54) is 20.3 Å². The highest BCUT2D eigenvalue weighted by Crippen LogP contribution is 2.31. The van der Waals surface area contributed by atoms with E-state index in [1.807, 2.05) is 0 Å². The maximum atomic E-state index is 12.0. The minimum absolute atomic E-state index is 0.0680. The van der Waals surface area contributed by atoms with Crippen molar-refractivity contribution in [2.24, 2.45) is 0 Å². The van der Waals surface area contributed by atoms with E-state index in [-0.39, 0.29) is 21.4 Å². The quantitative estimate of drug-likeness (QED) is 0.608. The van der Waals surface area contributed by atoms with Crippen LogP contribution in [0.1, 0.15) is 12.8 Å². The van der Waals surface area contributed by atoms with E-state index in [2.05, 4.69) is 15.3 Å². The minimum atomic E-state index is -4.61. The van der Waals surface area contributed by atoms with Gasteiger partial charge < -0.3 is 9.47 Å². The van der Waals surface area contributed by atoms with Crippen LogP contribution in [0.25, 0.3) is 0 Å². The van der Waals surface area contributed by atoms with Gasteiger partial charge in [-0.1, -0.05) is 3.71 Å². The van der Waals surface area contributed by atoms with Gasteiger partial charge in [-0.3, -0.25) is 5.32 Å². The number of carbonyl (C=O) groups is 1. The van der Waals surface area contributed by atoms with Gasteiger partial charge >= 0.3 is 16.2 Å². The van der Waals surface area contributed by atoms with Gasteiger partial charge in [0.1, 0.15) is 0 Å². The van der Waals surface area contributed by atoms with Crippen molar-refractivity contribution in [3.05, 3.63) is 6.07 Å². The Bertz CT molecular complexity index is 845. The summed E-state index contributed by atoms with van der Waals surface area (Å²) in [7, 11) is -5.13. The number of amides is 2. The van der Waals surface area contributed by atoms with Crippen LogP contribution < -0.4 is 19.5 Å². The molecule has 0 spiro atoms. The fourth-order valence-corrected chi connectivity index (χ4v) is 4.83. The van der Waals surface area contributed by atoms with E-state index < -0.39 is 31.5 Å². The highest BCUT2D eigenvalue weighted by Gasteiger charge is 2.43. The van der Waals surface area contributed by atoms with Gasteiger partial charge in [0, 0.05) is 7.05 Å². The highest BCUT2D eigenvalue weighted by atomic mass is 32.3. The zero-order valence-electron chi connectivity index (χ0n) is 13.6. The molecular formula is C11H17N5O7S2. The number of nitrogens with zero attached hydrogens (tertiary/aromatic N) is 3. The third-order valence-electron chi connectivity index (χ3n) is 3.19. The van der Waals surface area contributed by atoms with E-state index in [1.54, 1.807) is 4.72 Å². The minimum Gasteiger partial charge on any atom is -0.481 e. The van der Waals surface area contributed by atoms with Gasteiger partial charge in [0.2, 0.25) is 27.7 Å². The van der Waals surface area contributed by atoms with E-state index in [0.29, 0.717) is 12.8 Å². The van der Waals surface area contributed by atoms with Gasteiger partial charge in [0.15, 0.2) is 0 Å². The summed E-state index contributed by atoms with van der Waals surface area (Å²) in [5.41, 5.74) is 0. The second-order valence-corrected chi connectivity index (χ2v) is 9.14. The third kappa shape index (κ3) is 4.46. The monoisotopic (exact) mass is 395 g/mol. The standard InChI is InChI=1S/C11H17N5O7S2/c1-16(24(18,19)7-4-5-7)25(20,21)15-11(17)14-10-12-8(22-2)6-9(13-10)23-3/h6-7H,4-5H2,1-3H3,(H2,12,13,14,15,17). The molecule has 140 valence electrons. The van der Waals surface area contributed by atoms with Gasteiger partial charge in [-0.15, -0.1) is 0 Å². The molecule has 1 saturated carbocycles. The van der Waals surface area contributed by atoms with E-state index in [4.69, 9.17) is 9.47 Å². The second kappa shape index (κ2) is 6.97. The first kappa shape index (κ1) is 19.1. The normalized spacial score (nSPS) is 14.9. The molecule has 0 aromatic carbocycles. The Morgan fingerprint density at radius 1 is 1.16 bits per heavy atom. The molecule has 1 aliphatic rings. The molecule has 1 fully saturated rings. The Morgan fingerprint density at radius 3 is 2.12 bits per heavy atom. The van der Waals surface area contributed by atoms with Crippen LogP contribution in [0.3, 0.4) is 0 Å². The van der Waals surface area contributed by atoms with Gasteiger partial charge in [-0.05, 0) is 12.8 Å². The summed E-state index contributed by atoms with van der Waals surface area (Å²) in [5, 5.41) is 1.32. The van der Waals surface area contributed by atoms with Crippen molar-refractivity contribution in [2.45, 2.75) is 18.1 Å². The summed E-state index contributed by atoms with van der Waals surface area (Å²) in [4.78, 5) is 19.4. The number of anilines is 1. The number of hydrogen-bond donors (Lipinski definition) is 2. The van der Waals surface area contributed by atoms with Crippen LogP contribution in [0, 0.1) is 0 Å². The van der Waals surface area contributed by atoms with Crippen LogP contribution in [-0.2, 0) is 20.2 Å². The summed E-state index contributed by atoms with van der Waals surface area (Å²) < 4.78 is 59.5. The predicted molar refractivity (Wildman–Crippen MR) is 85.9 cm³/mol. The van der Waals surface area contributed by atoms with Crippen molar-refractivity contribution in [1.29, 1.82) is 0 Å². The fraction of sp³-hybridized carbons (Fsp3) is 0.545. The summed E-state index contributed by atoms with van der Waals surface area (Å²) in [6.07, 6.45) is 0.762. The van der Waals surface area contributed by atoms with Gasteiger partial charge in [0.05, 0.1) is 25.5 Å². The summed E-state index contributed by atoms with van der Waals surface area (Å²) in [6.45, 7) is 0. The number of methoxy groups -OCH3 is 2. The molecule has 0 bridgehead atoms. The van der Waals surface area contributed by atoms with E-state index in [0.717, 1.165) is 7.05 Å². The molecule has 0 saturated heterocycles. The molecule has 2 rings (SSSR count). The van der Waals surface area contributed by atoms with Crippen molar-refractivity contribution in [2.75, 3.05) is 26.6 Å². The van der Waals surface area contributed by atoms with Crippen molar-refractivity contribution in [3.8, 4) is 11.8 Å². The summed E-state index contributed by atoms with van der Waals surface area (Å²) >= 11 is 0. The topological polar surface area (TPSA) is 157 Å². The lowest BCUT2D eigenvalue weighted by molar-refractivity contribution is 0.256. The lowest BCUT2D eigenvalue weighted by Gasteiger charge is -2.17. The molecule has 2 N–H and O–H groups in total. The summed E-state index contributed by atoms with van der Waals surface area (Å²) in [5.74, 6) is -0.159. The van der Waals surface area contributed by atoms with Crippen LogP contribution in [0.5, 0.6) is 11.8 Å². The lowest BCUT2D eigenvalue weighted by atomic mass is 10.6. The number of aromatic nitrogens is 2. The van der Waals surface area contributed by atoms with Gasteiger partial charge in [-0.25, -0.2) is 17.9 Å². The van der Waals surface area contributed by atoms with Crippen molar-refractivity contribution in [1.82, 2.24) is 18.4 Å². The Hall–Kier alpha value is -2.19. The van der Waals surface area contributed by atoms with Crippen molar-refractivity contribution >= 4 is 32.2 Å². The molecule has 2 amide bonds. The number of urea groups is 1. The molecular weight excluding hydrogens is 378 g/mol. The predicted octanol–water partition coefficient (Wildman–Crippen LogP) is -0.716. The number of nitrogens with one attached hydrogen (secondary N) is 2. The molecule has 1 aromatic rings. The van der Waals surface area contributed by atoms with E-state index >= 15 is 0 Å². The smallest absolute Gasteiger partial charge is 0.336 e.